The molecule has 5 heteroatoms. The van der Waals surface area contributed by atoms with E-state index >= 15 is 0 Å². The Morgan fingerprint density at radius 1 is 1.23 bits per heavy atom. The fourth-order valence-corrected chi connectivity index (χ4v) is 4.06. The van der Waals surface area contributed by atoms with Gasteiger partial charge < -0.3 is 5.32 Å². The predicted octanol–water partition coefficient (Wildman–Crippen LogP) is 5.05. The van der Waals surface area contributed by atoms with Crippen LogP contribution >= 0.6 is 23.1 Å². The first-order valence-electron chi connectivity index (χ1n) is 7.16. The van der Waals surface area contributed by atoms with Crippen LogP contribution in [0, 0.1) is 0 Å². The smallest absolute Gasteiger partial charge is 0.255 e. The number of carbonyl (C=O) groups excluding carboxylic acids is 1. The maximum absolute atomic E-state index is 12.2. The number of fused-ring (bicyclic) bond motifs is 1. The molecule has 0 bridgehead atoms. The number of aromatic nitrogens is 1. The maximum Gasteiger partial charge on any atom is 0.255 e. The molecule has 0 aliphatic carbocycles. The number of amides is 1. The Bertz CT molecular complexity index is 784. The molecule has 1 heterocycles. The molecule has 0 atom stereocenters. The molecule has 112 valence electrons. The van der Waals surface area contributed by atoms with Crippen molar-refractivity contribution >= 4 is 44.9 Å². The van der Waals surface area contributed by atoms with Gasteiger partial charge in [0.2, 0.25) is 0 Å². The zero-order valence-electron chi connectivity index (χ0n) is 12.2. The quantitative estimate of drug-likeness (QED) is 0.666. The second-order valence-electron chi connectivity index (χ2n) is 4.83. The Morgan fingerprint density at radius 2 is 2.05 bits per heavy atom. The monoisotopic (exact) mass is 328 g/mol. The van der Waals surface area contributed by atoms with Crippen LogP contribution < -0.4 is 5.32 Å². The summed E-state index contributed by atoms with van der Waals surface area (Å²) in [5.41, 5.74) is 2.45. The van der Waals surface area contributed by atoms with Gasteiger partial charge in [-0.1, -0.05) is 36.9 Å². The molecule has 0 aliphatic rings. The molecule has 0 radical (unpaired) electrons. The van der Waals surface area contributed by atoms with Crippen LogP contribution in [0.25, 0.3) is 10.2 Å². The van der Waals surface area contributed by atoms with Crippen molar-refractivity contribution in [3.8, 4) is 0 Å². The largest absolute Gasteiger partial charge is 0.322 e. The Hall–Kier alpha value is -1.85. The van der Waals surface area contributed by atoms with Crippen LogP contribution in [0.5, 0.6) is 0 Å². The zero-order valence-corrected chi connectivity index (χ0v) is 13.8. The fourth-order valence-electron chi connectivity index (χ4n) is 2.03. The number of hydrogen-bond acceptors (Lipinski definition) is 4. The first-order valence-corrected chi connectivity index (χ1v) is 8.96. The second kappa shape index (κ2) is 6.94. The Kier molecular flexibility index (Phi) is 4.75. The van der Waals surface area contributed by atoms with E-state index in [9.17, 15) is 4.79 Å². The minimum absolute atomic E-state index is 0.0925. The highest BCUT2D eigenvalue weighted by Crippen LogP contribution is 2.31. The van der Waals surface area contributed by atoms with Crippen molar-refractivity contribution in [2.24, 2.45) is 0 Å². The highest BCUT2D eigenvalue weighted by molar-refractivity contribution is 8.01. The zero-order chi connectivity index (χ0) is 15.4. The fraction of sp³-hybridized carbons (Fsp3) is 0.176. The number of nitrogens with zero attached hydrogens (tertiary/aromatic N) is 1. The summed E-state index contributed by atoms with van der Waals surface area (Å²) < 4.78 is 2.19. The van der Waals surface area contributed by atoms with E-state index in [4.69, 9.17) is 0 Å². The number of nitrogens with one attached hydrogen (secondary N) is 1. The van der Waals surface area contributed by atoms with Gasteiger partial charge in [-0.25, -0.2) is 4.98 Å². The molecule has 0 saturated carbocycles. The standard InChI is InChI=1S/C17H16N2OS2/c1-2-10-21-17-19-14-9-8-13(11-15(14)22-17)18-16(20)12-6-4-3-5-7-12/h3-9,11H,2,10H2,1H3,(H,18,20). The van der Waals surface area contributed by atoms with E-state index < -0.39 is 0 Å². The van der Waals surface area contributed by atoms with Crippen molar-refractivity contribution in [3.63, 3.8) is 0 Å². The molecule has 1 amide bonds. The van der Waals surface area contributed by atoms with Gasteiger partial charge in [0, 0.05) is 17.0 Å². The van der Waals surface area contributed by atoms with Gasteiger partial charge in [0.1, 0.15) is 0 Å². The van der Waals surface area contributed by atoms with E-state index in [1.165, 1.54) is 0 Å². The van der Waals surface area contributed by atoms with Crippen molar-refractivity contribution in [3.05, 3.63) is 54.1 Å². The second-order valence-corrected chi connectivity index (χ2v) is 7.20. The van der Waals surface area contributed by atoms with Crippen molar-refractivity contribution in [1.82, 2.24) is 4.98 Å². The molecule has 0 saturated heterocycles. The summed E-state index contributed by atoms with van der Waals surface area (Å²) in [4.78, 5) is 16.8. The summed E-state index contributed by atoms with van der Waals surface area (Å²) in [5, 5.41) is 2.94. The van der Waals surface area contributed by atoms with Crippen LogP contribution in [0.1, 0.15) is 23.7 Å². The first kappa shape index (κ1) is 15.1. The van der Waals surface area contributed by atoms with E-state index in [1.54, 1.807) is 35.2 Å². The molecule has 2 aromatic carbocycles. The lowest BCUT2D eigenvalue weighted by atomic mass is 10.2. The lowest BCUT2D eigenvalue weighted by molar-refractivity contribution is 0.102. The van der Waals surface area contributed by atoms with Crippen LogP contribution in [0.2, 0.25) is 0 Å². The normalized spacial score (nSPS) is 10.8. The number of thioether (sulfide) groups is 1. The summed E-state index contributed by atoms with van der Waals surface area (Å²) in [6.45, 7) is 2.16. The van der Waals surface area contributed by atoms with Gasteiger partial charge in [0.25, 0.3) is 5.91 Å². The van der Waals surface area contributed by atoms with Gasteiger partial charge in [-0.05, 0) is 36.8 Å². The van der Waals surface area contributed by atoms with Crippen molar-refractivity contribution < 1.29 is 4.79 Å². The van der Waals surface area contributed by atoms with Crippen molar-refractivity contribution in [2.45, 2.75) is 17.7 Å². The summed E-state index contributed by atoms with van der Waals surface area (Å²) in [5.74, 6) is 0.988. The van der Waals surface area contributed by atoms with Gasteiger partial charge in [-0.2, -0.15) is 0 Å². The van der Waals surface area contributed by atoms with E-state index in [1.807, 2.05) is 36.4 Å². The number of carbonyl (C=O) groups is 1. The topological polar surface area (TPSA) is 42.0 Å². The third-order valence-electron chi connectivity index (χ3n) is 3.09. The Balaban J connectivity index is 1.78. The van der Waals surface area contributed by atoms with Gasteiger partial charge >= 0.3 is 0 Å². The predicted molar refractivity (Wildman–Crippen MR) is 95.0 cm³/mol. The average molecular weight is 328 g/mol. The summed E-state index contributed by atoms with van der Waals surface area (Å²) in [6, 6.07) is 15.1. The highest BCUT2D eigenvalue weighted by atomic mass is 32.2. The minimum atomic E-state index is -0.0925. The van der Waals surface area contributed by atoms with E-state index in [0.717, 1.165) is 32.4 Å². The molecule has 0 fully saturated rings. The van der Waals surface area contributed by atoms with E-state index in [-0.39, 0.29) is 5.91 Å². The van der Waals surface area contributed by atoms with Crippen molar-refractivity contribution in [2.75, 3.05) is 11.1 Å². The SMILES string of the molecule is CCCSc1nc2ccc(NC(=O)c3ccccc3)cc2s1. The van der Waals surface area contributed by atoms with Crippen LogP contribution in [-0.2, 0) is 0 Å². The van der Waals surface area contributed by atoms with Gasteiger partial charge in [0.05, 0.1) is 10.2 Å². The minimum Gasteiger partial charge on any atom is -0.322 e. The van der Waals surface area contributed by atoms with Crippen LogP contribution in [0.4, 0.5) is 5.69 Å². The Morgan fingerprint density at radius 3 is 2.82 bits per heavy atom. The van der Waals surface area contributed by atoms with Gasteiger partial charge in [0.15, 0.2) is 4.34 Å². The molecule has 3 nitrogen and oxygen atoms in total. The average Bonchev–Trinajstić information content (AvgIpc) is 2.95. The molecule has 22 heavy (non-hydrogen) atoms. The van der Waals surface area contributed by atoms with Gasteiger partial charge in [-0.15, -0.1) is 11.3 Å². The molecule has 3 aromatic rings. The van der Waals surface area contributed by atoms with Gasteiger partial charge in [-0.3, -0.25) is 4.79 Å². The van der Waals surface area contributed by atoms with E-state index in [0.29, 0.717) is 5.56 Å². The molecule has 3 rings (SSSR count). The highest BCUT2D eigenvalue weighted by Gasteiger charge is 2.08. The van der Waals surface area contributed by atoms with Crippen LogP contribution in [0.15, 0.2) is 52.9 Å². The molecular formula is C17H16N2OS2. The van der Waals surface area contributed by atoms with Crippen LogP contribution in [-0.4, -0.2) is 16.6 Å². The lowest BCUT2D eigenvalue weighted by Crippen LogP contribution is -2.11. The summed E-state index contributed by atoms with van der Waals surface area (Å²) in [6.07, 6.45) is 1.14. The van der Waals surface area contributed by atoms with Crippen LogP contribution in [0.3, 0.4) is 0 Å². The Labute approximate surface area is 137 Å². The molecular weight excluding hydrogens is 312 g/mol. The third-order valence-corrected chi connectivity index (χ3v) is 5.46. The number of benzene rings is 2. The van der Waals surface area contributed by atoms with Crippen molar-refractivity contribution in [1.29, 1.82) is 0 Å². The number of anilines is 1. The number of rotatable bonds is 5. The summed E-state index contributed by atoms with van der Waals surface area (Å²) >= 11 is 3.46. The number of hydrogen-bond donors (Lipinski definition) is 1. The molecule has 1 aromatic heterocycles. The molecule has 0 spiro atoms. The van der Waals surface area contributed by atoms with E-state index in [2.05, 4.69) is 17.2 Å². The third kappa shape index (κ3) is 3.48. The molecule has 0 aliphatic heterocycles. The molecule has 0 unspecified atom stereocenters. The number of thiazole rings is 1. The molecule has 1 N–H and O–H groups in total. The maximum atomic E-state index is 12.2. The first-order chi connectivity index (χ1) is 10.8. The summed E-state index contributed by atoms with van der Waals surface area (Å²) in [7, 11) is 0. The lowest BCUT2D eigenvalue weighted by Gasteiger charge is -2.04.